The van der Waals surface area contributed by atoms with Crippen molar-refractivity contribution in [2.45, 2.75) is 13.0 Å². The number of aromatic nitrogens is 3. The van der Waals surface area contributed by atoms with Crippen molar-refractivity contribution in [1.82, 2.24) is 25.4 Å². The highest BCUT2D eigenvalue weighted by molar-refractivity contribution is 6.08. The Morgan fingerprint density at radius 3 is 2.59 bits per heavy atom. The van der Waals surface area contributed by atoms with Crippen molar-refractivity contribution < 1.29 is 18.8 Å². The van der Waals surface area contributed by atoms with E-state index >= 15 is 0 Å². The largest absolute Gasteiger partial charge is 0.463 e. The number of aryl methyl sites for hydroxylation is 1. The van der Waals surface area contributed by atoms with Crippen LogP contribution in [-0.4, -0.2) is 32.3 Å². The molecule has 0 bridgehead atoms. The number of fused-ring (bicyclic) bond motifs is 1. The van der Waals surface area contributed by atoms with Gasteiger partial charge in [-0.1, -0.05) is 24.3 Å². The number of amides is 3. The molecule has 37 heavy (non-hydrogen) atoms. The van der Waals surface area contributed by atoms with E-state index in [1.54, 1.807) is 77.9 Å². The highest BCUT2D eigenvalue weighted by Crippen LogP contribution is 2.25. The molecule has 5 rings (SSSR count). The Bertz CT molecular complexity index is 1560. The molecule has 10 heteroatoms. The van der Waals surface area contributed by atoms with Crippen LogP contribution < -0.4 is 16.2 Å². The number of benzene rings is 2. The number of nitrogens with one attached hydrogen (secondary N) is 3. The van der Waals surface area contributed by atoms with Gasteiger partial charge in [-0.05, 0) is 42.5 Å². The quantitative estimate of drug-likeness (QED) is 0.295. The molecule has 0 aliphatic rings. The van der Waals surface area contributed by atoms with Gasteiger partial charge in [0.25, 0.3) is 11.8 Å². The molecule has 0 atom stereocenters. The zero-order chi connectivity index (χ0) is 25.6. The number of rotatable bonds is 7. The lowest BCUT2D eigenvalue weighted by Gasteiger charge is -2.11. The van der Waals surface area contributed by atoms with Crippen LogP contribution in [0.25, 0.3) is 22.4 Å². The van der Waals surface area contributed by atoms with E-state index in [1.165, 1.54) is 12.3 Å². The standard InChI is InChI=1S/C27H22N6O4/c34-25(10-12-33-13-11-28-17-33)29-19-6-3-5-18(15-19)26(35)31-32-27(36)21-16-23(24-9-4-14-37-24)30-22-8-2-1-7-20(21)22/h1-9,11,13-17H,10,12H2,(H,29,34)(H,31,35)(H,32,36). The Morgan fingerprint density at radius 2 is 1.78 bits per heavy atom. The molecular formula is C27H22N6O4. The maximum atomic E-state index is 13.1. The van der Waals surface area contributed by atoms with E-state index in [4.69, 9.17) is 4.42 Å². The predicted molar refractivity (Wildman–Crippen MR) is 136 cm³/mol. The van der Waals surface area contributed by atoms with Crippen molar-refractivity contribution in [1.29, 1.82) is 0 Å². The monoisotopic (exact) mass is 494 g/mol. The third kappa shape index (κ3) is 5.54. The van der Waals surface area contributed by atoms with Gasteiger partial charge in [-0.2, -0.15) is 0 Å². The Hall–Kier alpha value is -5.25. The predicted octanol–water partition coefficient (Wildman–Crippen LogP) is 3.79. The summed E-state index contributed by atoms with van der Waals surface area (Å²) >= 11 is 0. The Kier molecular flexibility index (Phi) is 6.71. The van der Waals surface area contributed by atoms with Crippen LogP contribution in [0.15, 0.2) is 96.1 Å². The number of hydrazine groups is 1. The van der Waals surface area contributed by atoms with Gasteiger partial charge in [-0.15, -0.1) is 0 Å². The topological polar surface area (TPSA) is 131 Å². The normalized spacial score (nSPS) is 10.7. The van der Waals surface area contributed by atoms with Crippen molar-refractivity contribution in [3.05, 3.63) is 103 Å². The fraction of sp³-hybridized carbons (Fsp3) is 0.0741. The van der Waals surface area contributed by atoms with E-state index in [9.17, 15) is 14.4 Å². The zero-order valence-corrected chi connectivity index (χ0v) is 19.5. The number of imidazole rings is 1. The third-order valence-corrected chi connectivity index (χ3v) is 5.59. The van der Waals surface area contributed by atoms with Crippen LogP contribution in [0.1, 0.15) is 27.1 Å². The van der Waals surface area contributed by atoms with Gasteiger partial charge in [0.2, 0.25) is 5.91 Å². The SMILES string of the molecule is O=C(CCn1ccnc1)Nc1cccc(C(=O)NNC(=O)c2cc(-c3ccco3)nc3ccccc23)c1. The van der Waals surface area contributed by atoms with Crippen LogP contribution in [0.3, 0.4) is 0 Å². The number of hydrogen-bond acceptors (Lipinski definition) is 6. The molecule has 3 N–H and O–H groups in total. The molecule has 0 aliphatic heterocycles. The molecule has 0 aliphatic carbocycles. The lowest BCUT2D eigenvalue weighted by Crippen LogP contribution is -2.41. The number of furan rings is 1. The summed E-state index contributed by atoms with van der Waals surface area (Å²) in [6, 6.07) is 18.8. The van der Waals surface area contributed by atoms with Crippen LogP contribution in [0, 0.1) is 0 Å². The maximum absolute atomic E-state index is 13.1. The lowest BCUT2D eigenvalue weighted by atomic mass is 10.1. The second-order valence-corrected chi connectivity index (χ2v) is 8.14. The molecule has 0 unspecified atom stereocenters. The molecule has 5 aromatic rings. The molecule has 184 valence electrons. The number of carbonyl (C=O) groups excluding carboxylic acids is 3. The molecule has 0 saturated carbocycles. The molecule has 0 radical (unpaired) electrons. The molecule has 0 fully saturated rings. The van der Waals surface area contributed by atoms with Gasteiger partial charge in [0.15, 0.2) is 5.76 Å². The van der Waals surface area contributed by atoms with Crippen LogP contribution in [-0.2, 0) is 11.3 Å². The minimum Gasteiger partial charge on any atom is -0.463 e. The summed E-state index contributed by atoms with van der Waals surface area (Å²) in [5, 5.41) is 3.40. The van der Waals surface area contributed by atoms with Crippen molar-refractivity contribution in [3.8, 4) is 11.5 Å². The molecule has 3 heterocycles. The van der Waals surface area contributed by atoms with Gasteiger partial charge in [0, 0.05) is 42.0 Å². The fourth-order valence-electron chi connectivity index (χ4n) is 3.78. The van der Waals surface area contributed by atoms with Crippen LogP contribution >= 0.6 is 0 Å². The highest BCUT2D eigenvalue weighted by atomic mass is 16.3. The third-order valence-electron chi connectivity index (χ3n) is 5.59. The number of anilines is 1. The van der Waals surface area contributed by atoms with E-state index in [0.717, 1.165) is 0 Å². The summed E-state index contributed by atoms with van der Waals surface area (Å²) in [6.07, 6.45) is 6.84. The molecule has 0 spiro atoms. The minimum absolute atomic E-state index is 0.198. The summed E-state index contributed by atoms with van der Waals surface area (Å²) in [5.74, 6) is -0.722. The number of para-hydroxylation sites is 1. The first-order valence-corrected chi connectivity index (χ1v) is 11.5. The summed E-state index contributed by atoms with van der Waals surface area (Å²) in [7, 11) is 0. The Morgan fingerprint density at radius 1 is 0.919 bits per heavy atom. The minimum atomic E-state index is -0.535. The number of hydrogen-bond donors (Lipinski definition) is 3. The molecule has 0 saturated heterocycles. The Balaban J connectivity index is 1.25. The van der Waals surface area contributed by atoms with Crippen molar-refractivity contribution in [3.63, 3.8) is 0 Å². The van der Waals surface area contributed by atoms with E-state index in [0.29, 0.717) is 40.2 Å². The summed E-state index contributed by atoms with van der Waals surface area (Å²) in [4.78, 5) is 46.6. The second-order valence-electron chi connectivity index (χ2n) is 8.14. The van der Waals surface area contributed by atoms with Gasteiger partial charge in [-0.3, -0.25) is 25.2 Å². The van der Waals surface area contributed by atoms with E-state index in [1.807, 2.05) is 6.07 Å². The number of pyridine rings is 1. The van der Waals surface area contributed by atoms with E-state index in [-0.39, 0.29) is 17.9 Å². The van der Waals surface area contributed by atoms with E-state index in [2.05, 4.69) is 26.1 Å². The maximum Gasteiger partial charge on any atom is 0.270 e. The van der Waals surface area contributed by atoms with Crippen molar-refractivity contribution >= 4 is 34.3 Å². The summed E-state index contributed by atoms with van der Waals surface area (Å²) in [6.45, 7) is 0.489. The number of carbonyl (C=O) groups is 3. The van der Waals surface area contributed by atoms with Crippen molar-refractivity contribution in [2.75, 3.05) is 5.32 Å². The average molecular weight is 495 g/mol. The second kappa shape index (κ2) is 10.6. The average Bonchev–Trinajstić information content (AvgIpc) is 3.65. The van der Waals surface area contributed by atoms with Crippen LogP contribution in [0.2, 0.25) is 0 Å². The van der Waals surface area contributed by atoms with Gasteiger partial charge >= 0.3 is 0 Å². The molecule has 3 aromatic heterocycles. The molecule has 3 amide bonds. The first kappa shape index (κ1) is 23.5. The highest BCUT2D eigenvalue weighted by Gasteiger charge is 2.16. The molecule has 2 aromatic carbocycles. The first-order chi connectivity index (χ1) is 18.1. The zero-order valence-electron chi connectivity index (χ0n) is 19.5. The van der Waals surface area contributed by atoms with Gasteiger partial charge in [-0.25, -0.2) is 9.97 Å². The Labute approximate surface area is 211 Å². The van der Waals surface area contributed by atoms with Gasteiger partial charge in [0.05, 0.1) is 23.7 Å². The van der Waals surface area contributed by atoms with E-state index < -0.39 is 11.8 Å². The lowest BCUT2D eigenvalue weighted by molar-refractivity contribution is -0.116. The summed E-state index contributed by atoms with van der Waals surface area (Å²) < 4.78 is 7.24. The summed E-state index contributed by atoms with van der Waals surface area (Å²) in [5.41, 5.74) is 7.08. The van der Waals surface area contributed by atoms with Crippen LogP contribution in [0.4, 0.5) is 5.69 Å². The first-order valence-electron chi connectivity index (χ1n) is 11.5. The van der Waals surface area contributed by atoms with Gasteiger partial charge < -0.3 is 14.3 Å². The van der Waals surface area contributed by atoms with Crippen LogP contribution in [0.5, 0.6) is 0 Å². The van der Waals surface area contributed by atoms with Gasteiger partial charge in [0.1, 0.15) is 5.69 Å². The number of nitrogens with zero attached hydrogens (tertiary/aromatic N) is 3. The smallest absolute Gasteiger partial charge is 0.270 e. The molecular weight excluding hydrogens is 472 g/mol. The van der Waals surface area contributed by atoms with Crippen molar-refractivity contribution in [2.24, 2.45) is 0 Å². The molecule has 10 nitrogen and oxygen atoms in total. The fourth-order valence-corrected chi connectivity index (χ4v) is 3.78.